The number of hydrogen-bond donors (Lipinski definition) is 1. The Morgan fingerprint density at radius 3 is 2.53 bits per heavy atom. The van der Waals surface area contributed by atoms with E-state index in [2.05, 4.69) is 10.2 Å². The van der Waals surface area contributed by atoms with E-state index in [4.69, 9.17) is 0 Å². The van der Waals surface area contributed by atoms with Crippen molar-refractivity contribution in [3.63, 3.8) is 0 Å². The van der Waals surface area contributed by atoms with Crippen LogP contribution in [0.15, 0.2) is 48.7 Å². The summed E-state index contributed by atoms with van der Waals surface area (Å²) in [5, 5.41) is 17.6. The molecule has 2 rings (SSSR count). The van der Waals surface area contributed by atoms with E-state index in [0.29, 0.717) is 6.42 Å². The lowest BCUT2D eigenvalue weighted by Crippen LogP contribution is -2.03. The highest BCUT2D eigenvalue weighted by Crippen LogP contribution is 2.15. The topological polar surface area (TPSA) is 46.0 Å². The van der Waals surface area contributed by atoms with Gasteiger partial charge in [-0.05, 0) is 17.7 Å². The number of benzene rings is 1. The number of aliphatic hydroxyl groups is 1. The second-order valence-electron chi connectivity index (χ2n) is 3.35. The minimum atomic E-state index is -0.511. The summed E-state index contributed by atoms with van der Waals surface area (Å²) in [4.78, 5) is 0. The van der Waals surface area contributed by atoms with Crippen LogP contribution in [0.2, 0.25) is 0 Å². The third-order valence-electron chi connectivity index (χ3n) is 2.21. The normalized spacial score (nSPS) is 12.3. The summed E-state index contributed by atoms with van der Waals surface area (Å²) in [7, 11) is 0. The number of aliphatic hydroxyl groups excluding tert-OH is 1. The maximum atomic E-state index is 9.91. The standard InChI is InChI=1S/C12H12N2O/c15-12(10-5-2-1-3-6-10)9-11-7-4-8-13-14-11/h1-8,12,15H,9H2/t12-/m0/s1. The first-order chi connectivity index (χ1) is 7.36. The predicted octanol–water partition coefficient (Wildman–Crippen LogP) is 1.75. The first-order valence-electron chi connectivity index (χ1n) is 4.86. The van der Waals surface area contributed by atoms with Gasteiger partial charge in [0.25, 0.3) is 0 Å². The maximum absolute atomic E-state index is 9.91. The Morgan fingerprint density at radius 1 is 1.07 bits per heavy atom. The Kier molecular flexibility index (Phi) is 3.05. The van der Waals surface area contributed by atoms with E-state index in [1.165, 1.54) is 0 Å². The van der Waals surface area contributed by atoms with Crippen molar-refractivity contribution in [1.82, 2.24) is 10.2 Å². The average molecular weight is 200 g/mol. The number of rotatable bonds is 3. The van der Waals surface area contributed by atoms with Crippen LogP contribution in [0.25, 0.3) is 0 Å². The zero-order valence-corrected chi connectivity index (χ0v) is 8.24. The quantitative estimate of drug-likeness (QED) is 0.821. The lowest BCUT2D eigenvalue weighted by atomic mass is 10.1. The van der Waals surface area contributed by atoms with Gasteiger partial charge in [-0.2, -0.15) is 10.2 Å². The van der Waals surface area contributed by atoms with Gasteiger partial charge in [0, 0.05) is 12.6 Å². The van der Waals surface area contributed by atoms with Crippen LogP contribution >= 0.6 is 0 Å². The van der Waals surface area contributed by atoms with E-state index >= 15 is 0 Å². The summed E-state index contributed by atoms with van der Waals surface area (Å²) in [6.07, 6.45) is 1.61. The van der Waals surface area contributed by atoms with Crippen LogP contribution in [0.1, 0.15) is 17.4 Å². The zero-order valence-electron chi connectivity index (χ0n) is 8.24. The van der Waals surface area contributed by atoms with Gasteiger partial charge in [-0.15, -0.1) is 0 Å². The molecule has 0 unspecified atom stereocenters. The highest BCUT2D eigenvalue weighted by atomic mass is 16.3. The molecule has 15 heavy (non-hydrogen) atoms. The molecule has 1 aromatic carbocycles. The highest BCUT2D eigenvalue weighted by molar-refractivity contribution is 5.19. The molecular formula is C12H12N2O. The molecule has 1 atom stereocenters. The average Bonchev–Trinajstić information content (AvgIpc) is 2.31. The summed E-state index contributed by atoms with van der Waals surface area (Å²) < 4.78 is 0. The van der Waals surface area contributed by atoms with Crippen molar-refractivity contribution in [3.05, 3.63) is 59.9 Å². The van der Waals surface area contributed by atoms with Crippen molar-refractivity contribution in [2.45, 2.75) is 12.5 Å². The molecule has 0 fully saturated rings. The zero-order chi connectivity index (χ0) is 10.5. The fourth-order valence-corrected chi connectivity index (χ4v) is 1.43. The molecule has 76 valence electrons. The van der Waals surface area contributed by atoms with Crippen molar-refractivity contribution >= 4 is 0 Å². The molecule has 3 heteroatoms. The van der Waals surface area contributed by atoms with Crippen LogP contribution in [0, 0.1) is 0 Å². The number of nitrogens with zero attached hydrogens (tertiary/aromatic N) is 2. The molecule has 0 amide bonds. The largest absolute Gasteiger partial charge is 0.388 e. The Hall–Kier alpha value is -1.74. The smallest absolute Gasteiger partial charge is 0.0846 e. The van der Waals surface area contributed by atoms with Gasteiger partial charge in [-0.3, -0.25) is 0 Å². The van der Waals surface area contributed by atoms with Crippen molar-refractivity contribution < 1.29 is 5.11 Å². The maximum Gasteiger partial charge on any atom is 0.0846 e. The molecule has 0 saturated carbocycles. The van der Waals surface area contributed by atoms with Gasteiger partial charge in [0.2, 0.25) is 0 Å². The van der Waals surface area contributed by atoms with Crippen LogP contribution in [0.5, 0.6) is 0 Å². The lowest BCUT2D eigenvalue weighted by molar-refractivity contribution is 0.177. The van der Waals surface area contributed by atoms with Gasteiger partial charge in [0.15, 0.2) is 0 Å². The van der Waals surface area contributed by atoms with Gasteiger partial charge < -0.3 is 5.11 Å². The van der Waals surface area contributed by atoms with Crippen molar-refractivity contribution in [2.24, 2.45) is 0 Å². The molecule has 0 radical (unpaired) electrons. The van der Waals surface area contributed by atoms with Crippen molar-refractivity contribution in [2.75, 3.05) is 0 Å². The Bertz CT molecular complexity index is 402. The first-order valence-corrected chi connectivity index (χ1v) is 4.86. The van der Waals surface area contributed by atoms with Gasteiger partial charge in [-0.1, -0.05) is 30.3 Å². The summed E-state index contributed by atoms with van der Waals surface area (Å²) in [5.74, 6) is 0. The van der Waals surface area contributed by atoms with E-state index in [1.54, 1.807) is 6.20 Å². The van der Waals surface area contributed by atoms with E-state index in [-0.39, 0.29) is 0 Å². The van der Waals surface area contributed by atoms with E-state index in [9.17, 15) is 5.11 Å². The van der Waals surface area contributed by atoms with Crippen LogP contribution in [-0.4, -0.2) is 15.3 Å². The van der Waals surface area contributed by atoms with E-state index < -0.39 is 6.10 Å². The monoisotopic (exact) mass is 200 g/mol. The third-order valence-corrected chi connectivity index (χ3v) is 2.21. The van der Waals surface area contributed by atoms with Crippen LogP contribution in [0.3, 0.4) is 0 Å². The Morgan fingerprint density at radius 2 is 1.87 bits per heavy atom. The van der Waals surface area contributed by atoms with Gasteiger partial charge in [-0.25, -0.2) is 0 Å². The Labute approximate surface area is 88.4 Å². The fourth-order valence-electron chi connectivity index (χ4n) is 1.43. The minimum absolute atomic E-state index is 0.498. The third kappa shape index (κ3) is 2.60. The van der Waals surface area contributed by atoms with Gasteiger partial charge in [0.05, 0.1) is 11.8 Å². The van der Waals surface area contributed by atoms with E-state index in [1.807, 2.05) is 42.5 Å². The molecule has 0 spiro atoms. The molecule has 0 aliphatic heterocycles. The van der Waals surface area contributed by atoms with Gasteiger partial charge >= 0.3 is 0 Å². The predicted molar refractivity (Wildman–Crippen MR) is 57.1 cm³/mol. The molecule has 0 aliphatic carbocycles. The summed E-state index contributed by atoms with van der Waals surface area (Å²) in [6.45, 7) is 0. The lowest BCUT2D eigenvalue weighted by Gasteiger charge is -2.09. The second-order valence-corrected chi connectivity index (χ2v) is 3.35. The second kappa shape index (κ2) is 4.66. The van der Waals surface area contributed by atoms with Crippen LogP contribution < -0.4 is 0 Å². The molecule has 1 aromatic heterocycles. The van der Waals surface area contributed by atoms with Crippen molar-refractivity contribution in [1.29, 1.82) is 0 Å². The Balaban J connectivity index is 2.08. The fraction of sp³-hybridized carbons (Fsp3) is 0.167. The molecule has 3 nitrogen and oxygen atoms in total. The molecule has 0 bridgehead atoms. The summed E-state index contributed by atoms with van der Waals surface area (Å²) in [6, 6.07) is 13.2. The molecule has 0 saturated heterocycles. The van der Waals surface area contributed by atoms with Gasteiger partial charge in [0.1, 0.15) is 0 Å². The molecule has 2 aromatic rings. The molecule has 1 N–H and O–H groups in total. The molecular weight excluding hydrogens is 188 g/mol. The summed E-state index contributed by atoms with van der Waals surface area (Å²) >= 11 is 0. The SMILES string of the molecule is O[C@@H](Cc1cccnn1)c1ccccc1. The molecule has 0 aliphatic rings. The van der Waals surface area contributed by atoms with Crippen LogP contribution in [0.4, 0.5) is 0 Å². The minimum Gasteiger partial charge on any atom is -0.388 e. The van der Waals surface area contributed by atoms with E-state index in [0.717, 1.165) is 11.3 Å². The van der Waals surface area contributed by atoms with Crippen molar-refractivity contribution in [3.8, 4) is 0 Å². The molecule has 1 heterocycles. The van der Waals surface area contributed by atoms with Crippen LogP contribution in [-0.2, 0) is 6.42 Å². The highest BCUT2D eigenvalue weighted by Gasteiger charge is 2.08. The first kappa shape index (κ1) is 9.80. The summed E-state index contributed by atoms with van der Waals surface area (Å²) in [5.41, 5.74) is 1.71. The number of aromatic nitrogens is 2. The number of hydrogen-bond acceptors (Lipinski definition) is 3.